The fourth-order valence-corrected chi connectivity index (χ4v) is 2.72. The second kappa shape index (κ2) is 6.71. The zero-order valence-electron chi connectivity index (χ0n) is 13.2. The van der Waals surface area contributed by atoms with Gasteiger partial charge < -0.3 is 4.74 Å². The topological polar surface area (TPSA) is 39.2 Å². The van der Waals surface area contributed by atoms with Crippen LogP contribution in [-0.2, 0) is 16.1 Å². The van der Waals surface area contributed by atoms with E-state index in [4.69, 9.17) is 11.6 Å². The molecule has 1 aromatic heterocycles. The molecule has 2 rings (SSSR count). The number of nitrogens with zero attached hydrogens (tertiary/aromatic N) is 1. The van der Waals surface area contributed by atoms with Gasteiger partial charge in [-0.05, 0) is 11.3 Å². The number of alkyl halides is 3. The van der Waals surface area contributed by atoms with Gasteiger partial charge in [0, 0.05) is 0 Å². The largest absolute Gasteiger partial charge is 0.460 e. The molecule has 1 fully saturated rings. The standard InChI is InChI=1S/C15H11ClF7NO2/c1-14(2)6(3-7(16)15(21,22)23)8(14)13(25)26-4-5-9(17)11(19)24-12(20)10(5)18/h3,6,8H,4H2,1-2H3/b7-3-. The van der Waals surface area contributed by atoms with Crippen LogP contribution in [0.25, 0.3) is 0 Å². The third-order valence-corrected chi connectivity index (χ3v) is 4.55. The third-order valence-electron chi connectivity index (χ3n) is 4.21. The first-order valence-corrected chi connectivity index (χ1v) is 7.46. The van der Waals surface area contributed by atoms with Crippen LogP contribution in [0, 0.1) is 40.8 Å². The zero-order valence-corrected chi connectivity index (χ0v) is 14.0. The Bertz CT molecular complexity index is 750. The Morgan fingerprint density at radius 2 is 1.69 bits per heavy atom. The van der Waals surface area contributed by atoms with Gasteiger partial charge in [-0.3, -0.25) is 4.79 Å². The van der Waals surface area contributed by atoms with Crippen LogP contribution in [0.3, 0.4) is 0 Å². The molecule has 0 bridgehead atoms. The van der Waals surface area contributed by atoms with Crippen LogP contribution in [-0.4, -0.2) is 17.1 Å². The van der Waals surface area contributed by atoms with Crippen LogP contribution in [0.15, 0.2) is 11.1 Å². The number of pyridine rings is 1. The molecule has 0 aliphatic heterocycles. The average molecular weight is 406 g/mol. The maximum atomic E-state index is 13.5. The summed E-state index contributed by atoms with van der Waals surface area (Å²) in [5.74, 6) is -10.6. The highest BCUT2D eigenvalue weighted by atomic mass is 35.5. The second-order valence-corrected chi connectivity index (χ2v) is 6.65. The molecular formula is C15H11ClF7NO2. The van der Waals surface area contributed by atoms with Crippen molar-refractivity contribution in [2.75, 3.05) is 0 Å². The smallest absolute Gasteiger partial charge is 0.426 e. The van der Waals surface area contributed by atoms with Crippen LogP contribution in [0.4, 0.5) is 30.7 Å². The van der Waals surface area contributed by atoms with E-state index in [0.717, 1.165) is 0 Å². The van der Waals surface area contributed by atoms with Crippen LogP contribution in [0.2, 0.25) is 0 Å². The van der Waals surface area contributed by atoms with Crippen molar-refractivity contribution >= 4 is 17.6 Å². The SMILES string of the molecule is CC1(C)C(/C=C(\Cl)C(F)(F)F)C1C(=O)OCc1c(F)c(F)nc(F)c1F. The fraction of sp³-hybridized carbons (Fsp3) is 0.467. The van der Waals surface area contributed by atoms with Gasteiger partial charge in [-0.15, -0.1) is 0 Å². The summed E-state index contributed by atoms with van der Waals surface area (Å²) in [5.41, 5.74) is -2.14. The summed E-state index contributed by atoms with van der Waals surface area (Å²) in [6, 6.07) is 0. The molecule has 1 heterocycles. The monoisotopic (exact) mass is 405 g/mol. The number of carbonyl (C=O) groups is 1. The maximum absolute atomic E-state index is 13.5. The lowest BCUT2D eigenvalue weighted by atomic mass is 10.1. The van der Waals surface area contributed by atoms with Crippen molar-refractivity contribution in [2.24, 2.45) is 17.3 Å². The van der Waals surface area contributed by atoms with E-state index >= 15 is 0 Å². The van der Waals surface area contributed by atoms with Crippen LogP contribution in [0.5, 0.6) is 0 Å². The van der Waals surface area contributed by atoms with Gasteiger partial charge >= 0.3 is 12.1 Å². The number of hydrogen-bond donors (Lipinski definition) is 0. The van der Waals surface area contributed by atoms with Gasteiger partial charge in [-0.2, -0.15) is 26.9 Å². The molecule has 1 aromatic rings. The summed E-state index contributed by atoms with van der Waals surface area (Å²) in [6.45, 7) is 1.78. The van der Waals surface area contributed by atoms with Crippen molar-refractivity contribution in [3.63, 3.8) is 0 Å². The second-order valence-electron chi connectivity index (χ2n) is 6.24. The lowest BCUT2D eigenvalue weighted by Gasteiger charge is -2.08. The van der Waals surface area contributed by atoms with Gasteiger partial charge in [-0.25, -0.2) is 8.78 Å². The molecule has 0 spiro atoms. The maximum Gasteiger partial charge on any atom is 0.426 e. The number of aromatic nitrogens is 1. The highest BCUT2D eigenvalue weighted by Crippen LogP contribution is 2.60. The van der Waals surface area contributed by atoms with Crippen molar-refractivity contribution in [3.05, 3.63) is 40.2 Å². The van der Waals surface area contributed by atoms with Crippen molar-refractivity contribution in [2.45, 2.75) is 26.6 Å². The van der Waals surface area contributed by atoms with E-state index in [1.807, 2.05) is 0 Å². The summed E-state index contributed by atoms with van der Waals surface area (Å²) in [4.78, 5) is 14.4. The summed E-state index contributed by atoms with van der Waals surface area (Å²) in [6.07, 6.45) is -4.13. The third kappa shape index (κ3) is 3.79. The van der Waals surface area contributed by atoms with Crippen molar-refractivity contribution in [3.8, 4) is 0 Å². The van der Waals surface area contributed by atoms with E-state index in [-0.39, 0.29) is 0 Å². The van der Waals surface area contributed by atoms with E-state index in [9.17, 15) is 35.5 Å². The molecule has 0 aromatic carbocycles. The van der Waals surface area contributed by atoms with Gasteiger partial charge in [0.25, 0.3) is 11.9 Å². The molecule has 3 nitrogen and oxygen atoms in total. The minimum Gasteiger partial charge on any atom is -0.460 e. The number of ether oxygens (including phenoxy) is 1. The molecule has 0 N–H and O–H groups in total. The highest BCUT2D eigenvalue weighted by molar-refractivity contribution is 6.30. The quantitative estimate of drug-likeness (QED) is 0.416. The summed E-state index contributed by atoms with van der Waals surface area (Å²) in [7, 11) is 0. The summed E-state index contributed by atoms with van der Waals surface area (Å²) >= 11 is 5.13. The minimum atomic E-state index is -4.78. The van der Waals surface area contributed by atoms with E-state index < -0.39 is 70.1 Å². The Hall–Kier alpha value is -1.84. The van der Waals surface area contributed by atoms with E-state index in [2.05, 4.69) is 9.72 Å². The predicted molar refractivity (Wildman–Crippen MR) is 74.6 cm³/mol. The molecular weight excluding hydrogens is 395 g/mol. The number of carbonyl (C=O) groups excluding carboxylic acids is 1. The fourth-order valence-electron chi connectivity index (χ4n) is 2.58. The zero-order chi connectivity index (χ0) is 20.0. The molecule has 26 heavy (non-hydrogen) atoms. The lowest BCUT2D eigenvalue weighted by Crippen LogP contribution is -2.14. The first-order chi connectivity index (χ1) is 11.8. The Balaban J connectivity index is 2.13. The van der Waals surface area contributed by atoms with Crippen molar-refractivity contribution < 1.29 is 40.3 Å². The van der Waals surface area contributed by atoms with Crippen LogP contribution in [0.1, 0.15) is 19.4 Å². The Labute approximate surface area is 147 Å². The Morgan fingerprint density at radius 1 is 1.19 bits per heavy atom. The summed E-state index contributed by atoms with van der Waals surface area (Å²) in [5, 5.41) is -1.42. The average Bonchev–Trinajstić information content (AvgIpc) is 3.04. The van der Waals surface area contributed by atoms with Crippen LogP contribution < -0.4 is 0 Å². The molecule has 0 saturated heterocycles. The summed E-state index contributed by atoms with van der Waals surface area (Å²) < 4.78 is 94.9. The van der Waals surface area contributed by atoms with Crippen LogP contribution >= 0.6 is 11.6 Å². The van der Waals surface area contributed by atoms with E-state index in [1.165, 1.54) is 13.8 Å². The van der Waals surface area contributed by atoms with Gasteiger partial charge in [0.15, 0.2) is 11.6 Å². The van der Waals surface area contributed by atoms with Gasteiger partial charge in [-0.1, -0.05) is 31.5 Å². The lowest BCUT2D eigenvalue weighted by molar-refractivity contribution is -0.147. The Kier molecular flexibility index (Phi) is 5.29. The molecule has 11 heteroatoms. The number of rotatable bonds is 4. The van der Waals surface area contributed by atoms with Crippen molar-refractivity contribution in [1.29, 1.82) is 0 Å². The normalized spacial score (nSPS) is 22.3. The predicted octanol–water partition coefficient (Wildman–Crippen LogP) is 4.64. The molecule has 0 amide bonds. The molecule has 1 saturated carbocycles. The number of halogens is 8. The number of allylic oxidation sites excluding steroid dienone is 2. The number of esters is 1. The molecule has 2 atom stereocenters. The van der Waals surface area contributed by atoms with Gasteiger partial charge in [0.05, 0.1) is 11.5 Å². The molecule has 0 radical (unpaired) electrons. The molecule has 2 unspecified atom stereocenters. The molecule has 1 aliphatic carbocycles. The molecule has 144 valence electrons. The van der Waals surface area contributed by atoms with E-state index in [0.29, 0.717) is 6.08 Å². The van der Waals surface area contributed by atoms with Gasteiger partial charge in [0.1, 0.15) is 11.6 Å². The van der Waals surface area contributed by atoms with Crippen molar-refractivity contribution in [1.82, 2.24) is 4.98 Å². The highest BCUT2D eigenvalue weighted by Gasteiger charge is 2.62. The first-order valence-electron chi connectivity index (χ1n) is 7.08. The van der Waals surface area contributed by atoms with Gasteiger partial charge in [0.2, 0.25) is 0 Å². The molecule has 1 aliphatic rings. The van der Waals surface area contributed by atoms with E-state index in [1.54, 1.807) is 0 Å². The Morgan fingerprint density at radius 3 is 2.15 bits per heavy atom. The minimum absolute atomic E-state index is 0.653. The number of hydrogen-bond acceptors (Lipinski definition) is 3. The first kappa shape index (κ1) is 20.5.